The van der Waals surface area contributed by atoms with E-state index >= 15 is 0 Å². The summed E-state index contributed by atoms with van der Waals surface area (Å²) in [7, 11) is 0. The molecule has 0 saturated heterocycles. The average molecular weight is 287 g/mol. The molecule has 20 heavy (non-hydrogen) atoms. The van der Waals surface area contributed by atoms with Crippen LogP contribution in [0.1, 0.15) is 30.9 Å². The first-order valence-corrected chi connectivity index (χ1v) is 6.93. The third kappa shape index (κ3) is 3.97. The van der Waals surface area contributed by atoms with Crippen LogP contribution < -0.4 is 4.74 Å². The zero-order chi connectivity index (χ0) is 14.4. The highest BCUT2D eigenvalue weighted by molar-refractivity contribution is 6.29. The molecule has 0 saturated carbocycles. The lowest BCUT2D eigenvalue weighted by atomic mass is 10.1. The molecule has 102 valence electrons. The maximum Gasteiger partial charge on any atom is 0.221 e. The molecule has 0 aliphatic carbocycles. The molecular formula is C16H15ClN2O. The monoisotopic (exact) mass is 286 g/mol. The predicted octanol–water partition coefficient (Wildman–Crippen LogP) is 4.74. The smallest absolute Gasteiger partial charge is 0.221 e. The summed E-state index contributed by atoms with van der Waals surface area (Å²) in [5, 5.41) is 9.13. The van der Waals surface area contributed by atoms with E-state index in [1.165, 1.54) is 24.5 Å². The number of hydrogen-bond acceptors (Lipinski definition) is 3. The molecule has 0 aliphatic heterocycles. The summed E-state index contributed by atoms with van der Waals surface area (Å²) in [4.78, 5) is 4.04. The Morgan fingerprint density at radius 3 is 2.65 bits per heavy atom. The molecule has 0 atom stereocenters. The van der Waals surface area contributed by atoms with Crippen molar-refractivity contribution < 1.29 is 4.74 Å². The number of ether oxygens (including phenoxy) is 1. The second-order valence-corrected chi connectivity index (χ2v) is 4.87. The van der Waals surface area contributed by atoms with E-state index in [1.54, 1.807) is 6.07 Å². The van der Waals surface area contributed by atoms with Gasteiger partial charge in [0.15, 0.2) is 0 Å². The number of halogens is 1. The Labute approximate surface area is 123 Å². The molecular weight excluding hydrogens is 272 g/mol. The van der Waals surface area contributed by atoms with Crippen molar-refractivity contribution in [2.45, 2.75) is 26.2 Å². The first kappa shape index (κ1) is 14.4. The Kier molecular flexibility index (Phi) is 4.97. The van der Waals surface area contributed by atoms with Crippen molar-refractivity contribution in [1.29, 1.82) is 5.26 Å². The topological polar surface area (TPSA) is 45.9 Å². The summed E-state index contributed by atoms with van der Waals surface area (Å²) in [6.07, 6.45) is 3.44. The minimum Gasteiger partial charge on any atom is -0.439 e. The number of pyridine rings is 1. The molecule has 4 heteroatoms. The third-order valence-electron chi connectivity index (χ3n) is 2.86. The van der Waals surface area contributed by atoms with Crippen molar-refractivity contribution in [3.8, 4) is 17.7 Å². The fourth-order valence-electron chi connectivity index (χ4n) is 1.82. The summed E-state index contributed by atoms with van der Waals surface area (Å²) in [5.74, 6) is 1.01. The van der Waals surface area contributed by atoms with Crippen LogP contribution in [-0.4, -0.2) is 4.98 Å². The Balaban J connectivity index is 2.10. The molecule has 0 N–H and O–H groups in total. The van der Waals surface area contributed by atoms with E-state index in [1.807, 2.05) is 30.3 Å². The van der Waals surface area contributed by atoms with Gasteiger partial charge in [0.2, 0.25) is 5.88 Å². The summed E-state index contributed by atoms with van der Waals surface area (Å²) in [5.41, 5.74) is 1.72. The lowest BCUT2D eigenvalue weighted by Gasteiger charge is -2.06. The molecule has 0 fully saturated rings. The zero-order valence-electron chi connectivity index (χ0n) is 11.3. The van der Waals surface area contributed by atoms with Gasteiger partial charge >= 0.3 is 0 Å². The standard InChI is InChI=1S/C16H15ClN2O/c1-2-3-4-12-5-7-14(8-6-12)20-16-10-13(11-18)9-15(17)19-16/h5-10H,2-4H2,1H3. The second kappa shape index (κ2) is 6.93. The highest BCUT2D eigenvalue weighted by atomic mass is 35.5. The summed E-state index contributed by atoms with van der Waals surface area (Å²) in [6.45, 7) is 2.18. The molecule has 0 aliphatic rings. The highest BCUT2D eigenvalue weighted by Crippen LogP contribution is 2.23. The number of rotatable bonds is 5. The van der Waals surface area contributed by atoms with Crippen molar-refractivity contribution in [1.82, 2.24) is 4.98 Å². The number of unbranched alkanes of at least 4 members (excludes halogenated alkanes) is 1. The quantitative estimate of drug-likeness (QED) is 0.746. The number of benzene rings is 1. The van der Waals surface area contributed by atoms with Crippen LogP contribution in [0.25, 0.3) is 0 Å². The second-order valence-electron chi connectivity index (χ2n) is 4.48. The Morgan fingerprint density at radius 1 is 1.25 bits per heavy atom. The van der Waals surface area contributed by atoms with Crippen LogP contribution in [0.4, 0.5) is 0 Å². The van der Waals surface area contributed by atoms with Gasteiger partial charge in [-0.25, -0.2) is 4.98 Å². The maximum atomic E-state index is 8.88. The largest absolute Gasteiger partial charge is 0.439 e. The van der Waals surface area contributed by atoms with Gasteiger partial charge in [0, 0.05) is 6.07 Å². The lowest BCUT2D eigenvalue weighted by molar-refractivity contribution is 0.462. The van der Waals surface area contributed by atoms with Crippen molar-refractivity contribution in [2.24, 2.45) is 0 Å². The van der Waals surface area contributed by atoms with Gasteiger partial charge < -0.3 is 4.74 Å². The molecule has 1 aromatic carbocycles. The highest BCUT2D eigenvalue weighted by Gasteiger charge is 2.04. The molecule has 3 nitrogen and oxygen atoms in total. The molecule has 0 bridgehead atoms. The van der Waals surface area contributed by atoms with E-state index in [-0.39, 0.29) is 5.15 Å². The van der Waals surface area contributed by atoms with E-state index in [9.17, 15) is 0 Å². The van der Waals surface area contributed by atoms with E-state index in [4.69, 9.17) is 21.6 Å². The van der Waals surface area contributed by atoms with Crippen LogP contribution in [0.5, 0.6) is 11.6 Å². The molecule has 0 radical (unpaired) electrons. The third-order valence-corrected chi connectivity index (χ3v) is 3.06. The predicted molar refractivity (Wildman–Crippen MR) is 79.1 cm³/mol. The molecule has 2 aromatic rings. The van der Waals surface area contributed by atoms with Gasteiger partial charge in [-0.15, -0.1) is 0 Å². The van der Waals surface area contributed by atoms with Crippen LogP contribution in [0.2, 0.25) is 5.15 Å². The molecule has 0 amide bonds. The molecule has 0 unspecified atom stereocenters. The van der Waals surface area contributed by atoms with E-state index in [0.717, 1.165) is 6.42 Å². The fourth-order valence-corrected chi connectivity index (χ4v) is 2.02. The van der Waals surface area contributed by atoms with Crippen LogP contribution in [0, 0.1) is 11.3 Å². The summed E-state index contributed by atoms with van der Waals surface area (Å²) >= 11 is 5.84. The fraction of sp³-hybridized carbons (Fsp3) is 0.250. The van der Waals surface area contributed by atoms with E-state index in [2.05, 4.69) is 11.9 Å². The van der Waals surface area contributed by atoms with Crippen LogP contribution in [0.3, 0.4) is 0 Å². The van der Waals surface area contributed by atoms with Gasteiger partial charge in [-0.05, 0) is 36.6 Å². The van der Waals surface area contributed by atoms with Gasteiger partial charge in [-0.1, -0.05) is 37.1 Å². The van der Waals surface area contributed by atoms with Crippen molar-refractivity contribution >= 4 is 11.6 Å². The normalized spacial score (nSPS) is 10.1. The number of aryl methyl sites for hydroxylation is 1. The minimum atomic E-state index is 0.249. The Bertz CT molecular complexity index is 617. The summed E-state index contributed by atoms with van der Waals surface area (Å²) < 4.78 is 5.61. The zero-order valence-corrected chi connectivity index (χ0v) is 12.0. The first-order chi connectivity index (χ1) is 9.71. The number of hydrogen-bond donors (Lipinski definition) is 0. The van der Waals surface area contributed by atoms with Gasteiger partial charge in [0.25, 0.3) is 0 Å². The molecule has 1 heterocycles. The molecule has 2 rings (SSSR count). The Hall–Kier alpha value is -2.05. The van der Waals surface area contributed by atoms with E-state index in [0.29, 0.717) is 17.2 Å². The van der Waals surface area contributed by atoms with Gasteiger partial charge in [0.1, 0.15) is 10.9 Å². The van der Waals surface area contributed by atoms with Crippen molar-refractivity contribution in [2.75, 3.05) is 0 Å². The van der Waals surface area contributed by atoms with Crippen molar-refractivity contribution in [3.05, 3.63) is 52.7 Å². The first-order valence-electron chi connectivity index (χ1n) is 6.55. The van der Waals surface area contributed by atoms with Gasteiger partial charge in [-0.2, -0.15) is 5.26 Å². The number of aromatic nitrogens is 1. The molecule has 0 spiro atoms. The summed E-state index contributed by atoms with van der Waals surface area (Å²) in [6, 6.07) is 13.0. The Morgan fingerprint density at radius 2 is 2.00 bits per heavy atom. The average Bonchev–Trinajstić information content (AvgIpc) is 2.46. The van der Waals surface area contributed by atoms with E-state index < -0.39 is 0 Å². The van der Waals surface area contributed by atoms with Crippen LogP contribution in [-0.2, 0) is 6.42 Å². The van der Waals surface area contributed by atoms with Gasteiger partial charge in [0.05, 0.1) is 11.6 Å². The van der Waals surface area contributed by atoms with Crippen LogP contribution in [0.15, 0.2) is 36.4 Å². The van der Waals surface area contributed by atoms with Crippen LogP contribution >= 0.6 is 11.6 Å². The maximum absolute atomic E-state index is 8.88. The van der Waals surface area contributed by atoms with Gasteiger partial charge in [-0.3, -0.25) is 0 Å². The van der Waals surface area contributed by atoms with Crippen molar-refractivity contribution in [3.63, 3.8) is 0 Å². The number of nitrogens with zero attached hydrogens (tertiary/aromatic N) is 2. The lowest BCUT2D eigenvalue weighted by Crippen LogP contribution is -1.91. The SMILES string of the molecule is CCCCc1ccc(Oc2cc(C#N)cc(Cl)n2)cc1. The number of nitriles is 1. The molecule has 1 aromatic heterocycles. The minimum absolute atomic E-state index is 0.249.